The van der Waals surface area contributed by atoms with Crippen molar-refractivity contribution in [2.45, 2.75) is 11.3 Å². The van der Waals surface area contributed by atoms with Crippen molar-refractivity contribution >= 4 is 48.9 Å². The second-order valence-electron chi connectivity index (χ2n) is 6.70. The molecule has 0 spiro atoms. The molecule has 1 saturated heterocycles. The fourth-order valence-corrected chi connectivity index (χ4v) is 5.13. The average Bonchev–Trinajstić information content (AvgIpc) is 2.96. The lowest BCUT2D eigenvalue weighted by Gasteiger charge is -2.25. The lowest BCUT2D eigenvalue weighted by Crippen LogP contribution is -2.28. The Kier molecular flexibility index (Phi) is 6.57. The summed E-state index contributed by atoms with van der Waals surface area (Å²) in [5.41, 5.74) is 0.903. The normalized spacial score (nSPS) is 15.6. The van der Waals surface area contributed by atoms with E-state index in [9.17, 15) is 16.8 Å². The molecular weight excluding hydrogens is 436 g/mol. The van der Waals surface area contributed by atoms with E-state index in [0.29, 0.717) is 3.82 Å². The van der Waals surface area contributed by atoms with Crippen molar-refractivity contribution in [1.29, 1.82) is 0 Å². The van der Waals surface area contributed by atoms with Gasteiger partial charge in [0.05, 0.1) is 22.5 Å². The molecule has 2 aromatic rings. The van der Waals surface area contributed by atoms with Crippen LogP contribution in [-0.2, 0) is 20.0 Å². The van der Waals surface area contributed by atoms with Crippen LogP contribution in [0.3, 0.4) is 0 Å². The Morgan fingerprint density at radius 3 is 2.45 bits per heavy atom. The van der Waals surface area contributed by atoms with Gasteiger partial charge in [0.25, 0.3) is 10.0 Å². The molecule has 0 atom stereocenters. The molecule has 158 valence electrons. The Hall–Kier alpha value is -2.01. The van der Waals surface area contributed by atoms with E-state index in [1.807, 2.05) is 0 Å². The summed E-state index contributed by atoms with van der Waals surface area (Å²) in [6.07, 6.45) is 1.95. The Balaban J connectivity index is 2.03. The van der Waals surface area contributed by atoms with Gasteiger partial charge in [-0.05, 0) is 43.3 Å². The van der Waals surface area contributed by atoms with Crippen molar-refractivity contribution in [3.05, 3.63) is 48.5 Å². The first-order chi connectivity index (χ1) is 13.7. The molecule has 11 heteroatoms. The van der Waals surface area contributed by atoms with E-state index in [1.54, 1.807) is 30.3 Å². The van der Waals surface area contributed by atoms with Gasteiger partial charge in [0.2, 0.25) is 10.0 Å². The number of hydrogen-bond donors (Lipinski definition) is 2. The third-order valence-corrected chi connectivity index (χ3v) is 7.23. The summed E-state index contributed by atoms with van der Waals surface area (Å²) in [4.78, 5) is 2.12. The number of nitrogens with one attached hydrogen (secondary N) is 2. The van der Waals surface area contributed by atoms with Gasteiger partial charge in [-0.15, -0.1) is 0 Å². The van der Waals surface area contributed by atoms with Gasteiger partial charge in [0.15, 0.2) is 0 Å². The predicted molar refractivity (Wildman–Crippen MR) is 117 cm³/mol. The zero-order valence-corrected chi connectivity index (χ0v) is 18.3. The van der Waals surface area contributed by atoms with E-state index in [1.165, 1.54) is 18.2 Å². The Labute approximate surface area is 176 Å². The first-order valence-electron chi connectivity index (χ1n) is 9.02. The van der Waals surface area contributed by atoms with Gasteiger partial charge < -0.3 is 10.2 Å². The molecule has 1 fully saturated rings. The molecular formula is C18H23ClN4O4S2. The van der Waals surface area contributed by atoms with Crippen LogP contribution in [0.5, 0.6) is 0 Å². The lowest BCUT2D eigenvalue weighted by atomic mass is 10.2. The highest BCUT2D eigenvalue weighted by Crippen LogP contribution is 2.36. The van der Waals surface area contributed by atoms with Crippen molar-refractivity contribution < 1.29 is 16.8 Å². The fourth-order valence-electron chi connectivity index (χ4n) is 3.07. The molecule has 29 heavy (non-hydrogen) atoms. The molecule has 3 rings (SSSR count). The maximum atomic E-state index is 12.9. The first kappa shape index (κ1) is 21.7. The number of benzene rings is 2. The topological polar surface area (TPSA) is 98.8 Å². The quantitative estimate of drug-likeness (QED) is 0.644. The molecule has 2 N–H and O–H groups in total. The zero-order chi connectivity index (χ0) is 21.1. The molecule has 0 amide bonds. The smallest absolute Gasteiger partial charge is 0.278 e. The lowest BCUT2D eigenvalue weighted by molar-refractivity contribution is 0.597. The Morgan fingerprint density at radius 2 is 1.76 bits per heavy atom. The molecule has 1 aliphatic heterocycles. The number of halogens is 1. The van der Waals surface area contributed by atoms with Crippen LogP contribution in [-0.4, -0.2) is 49.3 Å². The summed E-state index contributed by atoms with van der Waals surface area (Å²) >= 11 is 6.22. The highest BCUT2D eigenvalue weighted by Gasteiger charge is 2.27. The number of hydrogen-bond acceptors (Lipinski definition) is 6. The molecule has 0 radical (unpaired) electrons. The van der Waals surface area contributed by atoms with Crippen LogP contribution in [0.4, 0.5) is 17.1 Å². The summed E-state index contributed by atoms with van der Waals surface area (Å²) in [6, 6.07) is 12.6. The fraction of sp³-hybridized carbons (Fsp3) is 0.333. The van der Waals surface area contributed by atoms with Gasteiger partial charge >= 0.3 is 0 Å². The minimum Gasteiger partial charge on any atom is -0.370 e. The van der Waals surface area contributed by atoms with E-state index in [-0.39, 0.29) is 16.3 Å². The van der Waals surface area contributed by atoms with Crippen molar-refractivity contribution in [1.82, 2.24) is 5.32 Å². The van der Waals surface area contributed by atoms with Crippen molar-refractivity contribution in [3.63, 3.8) is 0 Å². The minimum absolute atomic E-state index is 0.00275. The SMILES string of the molecule is CS(=O)(=O)Nc1cc(N2CCCNCC2)ccc1N(Cl)S(=O)(=O)c1ccccc1. The second-order valence-corrected chi connectivity index (χ2v) is 10.8. The van der Waals surface area contributed by atoms with E-state index in [2.05, 4.69) is 14.9 Å². The summed E-state index contributed by atoms with van der Waals surface area (Å²) in [6.45, 7) is 3.27. The summed E-state index contributed by atoms with van der Waals surface area (Å²) in [5, 5.41) is 3.31. The summed E-state index contributed by atoms with van der Waals surface area (Å²) in [7, 11) is -7.73. The zero-order valence-electron chi connectivity index (χ0n) is 15.9. The van der Waals surface area contributed by atoms with Crippen molar-refractivity contribution in [2.24, 2.45) is 0 Å². The van der Waals surface area contributed by atoms with Gasteiger partial charge in [-0.1, -0.05) is 18.2 Å². The monoisotopic (exact) mass is 458 g/mol. The maximum absolute atomic E-state index is 12.9. The van der Waals surface area contributed by atoms with Crippen LogP contribution in [0.2, 0.25) is 0 Å². The molecule has 0 aliphatic carbocycles. The van der Waals surface area contributed by atoms with Crippen molar-refractivity contribution in [2.75, 3.05) is 45.9 Å². The van der Waals surface area contributed by atoms with Gasteiger partial charge in [-0.25, -0.2) is 8.42 Å². The number of nitrogens with zero attached hydrogens (tertiary/aromatic N) is 2. The molecule has 1 aliphatic rings. The van der Waals surface area contributed by atoms with Crippen molar-refractivity contribution in [3.8, 4) is 0 Å². The highest BCUT2D eigenvalue weighted by atomic mass is 35.5. The van der Waals surface area contributed by atoms with E-state index in [0.717, 1.165) is 44.5 Å². The Bertz CT molecular complexity index is 1050. The van der Waals surface area contributed by atoms with Crippen LogP contribution in [0.1, 0.15) is 6.42 Å². The van der Waals surface area contributed by atoms with Gasteiger partial charge in [0, 0.05) is 37.1 Å². The average molecular weight is 459 g/mol. The predicted octanol–water partition coefficient (Wildman–Crippen LogP) is 2.21. The third-order valence-electron chi connectivity index (χ3n) is 4.42. The highest BCUT2D eigenvalue weighted by molar-refractivity contribution is 7.94. The first-order valence-corrected chi connectivity index (χ1v) is 12.7. The summed E-state index contributed by atoms with van der Waals surface area (Å²) < 4.78 is 52.5. The number of anilines is 3. The van der Waals surface area contributed by atoms with Crippen LogP contribution in [0.25, 0.3) is 0 Å². The molecule has 0 unspecified atom stereocenters. The van der Waals surface area contributed by atoms with Crippen LogP contribution >= 0.6 is 11.8 Å². The second kappa shape index (κ2) is 8.78. The van der Waals surface area contributed by atoms with Crippen LogP contribution in [0.15, 0.2) is 53.4 Å². The number of sulfonamides is 2. The molecule has 0 saturated carbocycles. The van der Waals surface area contributed by atoms with E-state index >= 15 is 0 Å². The van der Waals surface area contributed by atoms with Gasteiger partial charge in [0.1, 0.15) is 0 Å². The standard InChI is InChI=1S/C18H23ClN4O4S2/c1-28(24,25)21-17-14-15(22-12-5-10-20-11-13-22)8-9-18(17)23(19)29(26,27)16-6-3-2-4-7-16/h2-4,6-9,14,20-21H,5,10-13H2,1H3. The molecule has 1 heterocycles. The van der Waals surface area contributed by atoms with Crippen LogP contribution in [0, 0.1) is 0 Å². The minimum atomic E-state index is -4.07. The third kappa shape index (κ3) is 5.33. The van der Waals surface area contributed by atoms with Gasteiger partial charge in [-0.2, -0.15) is 12.2 Å². The molecule has 0 aromatic heterocycles. The van der Waals surface area contributed by atoms with Gasteiger partial charge in [-0.3, -0.25) is 4.72 Å². The maximum Gasteiger partial charge on any atom is 0.278 e. The summed E-state index contributed by atoms with van der Waals surface area (Å²) in [5.74, 6) is 0. The molecule has 2 aromatic carbocycles. The molecule has 0 bridgehead atoms. The van der Waals surface area contributed by atoms with E-state index in [4.69, 9.17) is 11.8 Å². The number of rotatable bonds is 6. The van der Waals surface area contributed by atoms with E-state index < -0.39 is 20.0 Å². The molecule has 8 nitrogen and oxygen atoms in total. The van der Waals surface area contributed by atoms with Crippen LogP contribution < -0.4 is 18.8 Å². The largest absolute Gasteiger partial charge is 0.370 e. The Morgan fingerprint density at radius 1 is 1.03 bits per heavy atom.